The number of anilines is 1. The van der Waals surface area contributed by atoms with Crippen molar-refractivity contribution in [1.82, 2.24) is 10.2 Å². The van der Waals surface area contributed by atoms with E-state index in [-0.39, 0.29) is 5.69 Å². The van der Waals surface area contributed by atoms with Crippen molar-refractivity contribution in [2.75, 3.05) is 36.5 Å². The van der Waals surface area contributed by atoms with Gasteiger partial charge < -0.3 is 10.6 Å². The molecule has 0 unspecified atom stereocenters. The molecule has 0 radical (unpaired) electrons. The molecule has 1 aromatic rings. The van der Waals surface area contributed by atoms with Crippen molar-refractivity contribution in [2.45, 2.75) is 25.3 Å². The molecule has 5 nitrogen and oxygen atoms in total. The number of carbonyl (C=O) groups excluding carboxylic acids is 2. The van der Waals surface area contributed by atoms with Crippen LogP contribution in [0.15, 0.2) is 18.2 Å². The predicted molar refractivity (Wildman–Crippen MR) is 98.0 cm³/mol. The van der Waals surface area contributed by atoms with Crippen LogP contribution < -0.4 is 10.6 Å². The van der Waals surface area contributed by atoms with Crippen molar-refractivity contribution in [2.24, 2.45) is 5.92 Å². The molecule has 2 aliphatic rings. The number of hydrogen-bond donors (Lipinski definition) is 2. The lowest BCUT2D eigenvalue weighted by Crippen LogP contribution is -2.45. The van der Waals surface area contributed by atoms with Crippen LogP contribution in [0.4, 0.5) is 14.5 Å². The highest BCUT2D eigenvalue weighted by Gasteiger charge is 2.28. The summed E-state index contributed by atoms with van der Waals surface area (Å²) in [6.07, 6.45) is 3.25. The molecule has 1 aromatic carbocycles. The number of benzene rings is 1. The van der Waals surface area contributed by atoms with Gasteiger partial charge in [-0.25, -0.2) is 8.78 Å². The molecule has 1 atom stereocenters. The van der Waals surface area contributed by atoms with Crippen molar-refractivity contribution in [3.63, 3.8) is 0 Å². The number of carbonyl (C=O) groups is 2. The van der Waals surface area contributed by atoms with E-state index in [1.807, 2.05) is 11.8 Å². The normalized spacial score (nSPS) is 21.5. The van der Waals surface area contributed by atoms with E-state index in [2.05, 4.69) is 15.5 Å². The molecule has 0 bridgehead atoms. The number of amides is 2. The number of nitrogens with zero attached hydrogens (tertiary/aromatic N) is 1. The maximum atomic E-state index is 13.5. The van der Waals surface area contributed by atoms with Crippen LogP contribution in [0.2, 0.25) is 0 Å². The SMILES string of the molecule is O=C(NCC1CCN([C@@H]2CCSC2)CC1)C(=O)Nc1ccc(F)cc1F. The van der Waals surface area contributed by atoms with Gasteiger partial charge in [-0.05, 0) is 56.2 Å². The molecule has 3 rings (SSSR count). The Labute approximate surface area is 155 Å². The van der Waals surface area contributed by atoms with Gasteiger partial charge in [0.05, 0.1) is 5.69 Å². The first-order chi connectivity index (χ1) is 12.5. The Morgan fingerprint density at radius 3 is 2.58 bits per heavy atom. The fraction of sp³-hybridized carbons (Fsp3) is 0.556. The van der Waals surface area contributed by atoms with Gasteiger partial charge in [0, 0.05) is 24.4 Å². The zero-order valence-electron chi connectivity index (χ0n) is 14.5. The largest absolute Gasteiger partial charge is 0.348 e. The molecule has 0 aliphatic carbocycles. The van der Waals surface area contributed by atoms with E-state index in [1.165, 1.54) is 17.9 Å². The summed E-state index contributed by atoms with van der Waals surface area (Å²) in [7, 11) is 0. The number of likely N-dealkylation sites (tertiary alicyclic amines) is 1. The highest BCUT2D eigenvalue weighted by Crippen LogP contribution is 2.26. The third kappa shape index (κ3) is 4.94. The Kier molecular flexibility index (Phi) is 6.48. The second-order valence-electron chi connectivity index (χ2n) is 6.79. The van der Waals surface area contributed by atoms with Crippen LogP contribution >= 0.6 is 11.8 Å². The number of halogens is 2. The highest BCUT2D eigenvalue weighted by molar-refractivity contribution is 7.99. The van der Waals surface area contributed by atoms with Crippen LogP contribution in [0.5, 0.6) is 0 Å². The van der Waals surface area contributed by atoms with E-state index >= 15 is 0 Å². The Bertz CT molecular complexity index is 660. The lowest BCUT2D eigenvalue weighted by atomic mass is 9.95. The third-order valence-corrected chi connectivity index (χ3v) is 6.15. The monoisotopic (exact) mass is 383 g/mol. The van der Waals surface area contributed by atoms with E-state index < -0.39 is 23.4 Å². The zero-order chi connectivity index (χ0) is 18.5. The molecule has 26 heavy (non-hydrogen) atoms. The number of hydrogen-bond acceptors (Lipinski definition) is 4. The predicted octanol–water partition coefficient (Wildman–Crippen LogP) is 2.24. The fourth-order valence-electron chi connectivity index (χ4n) is 3.42. The third-order valence-electron chi connectivity index (χ3n) is 5.01. The van der Waals surface area contributed by atoms with Crippen LogP contribution in [-0.4, -0.2) is 53.9 Å². The van der Waals surface area contributed by atoms with Crippen LogP contribution in [0.3, 0.4) is 0 Å². The Morgan fingerprint density at radius 1 is 1.15 bits per heavy atom. The summed E-state index contributed by atoms with van der Waals surface area (Å²) in [6.45, 7) is 2.49. The maximum absolute atomic E-state index is 13.5. The molecule has 142 valence electrons. The summed E-state index contributed by atoms with van der Waals surface area (Å²) in [5.74, 6) is -0.610. The molecule has 0 saturated carbocycles. The van der Waals surface area contributed by atoms with Crippen molar-refractivity contribution in [1.29, 1.82) is 0 Å². The lowest BCUT2D eigenvalue weighted by molar-refractivity contribution is -0.136. The van der Waals surface area contributed by atoms with Gasteiger partial charge in [0.25, 0.3) is 0 Å². The van der Waals surface area contributed by atoms with Gasteiger partial charge in [-0.2, -0.15) is 11.8 Å². The average molecular weight is 383 g/mol. The van der Waals surface area contributed by atoms with Crippen LogP contribution in [0, 0.1) is 17.6 Å². The van der Waals surface area contributed by atoms with Gasteiger partial charge in [0.15, 0.2) is 0 Å². The Hall–Kier alpha value is -1.67. The molecule has 2 aliphatic heterocycles. The summed E-state index contributed by atoms with van der Waals surface area (Å²) < 4.78 is 26.4. The van der Waals surface area contributed by atoms with Gasteiger partial charge in [0.2, 0.25) is 0 Å². The van der Waals surface area contributed by atoms with Crippen LogP contribution in [0.1, 0.15) is 19.3 Å². The van der Waals surface area contributed by atoms with Crippen molar-refractivity contribution < 1.29 is 18.4 Å². The first-order valence-electron chi connectivity index (χ1n) is 8.89. The average Bonchev–Trinajstić information content (AvgIpc) is 3.17. The summed E-state index contributed by atoms with van der Waals surface area (Å²) >= 11 is 2.01. The Balaban J connectivity index is 1.40. The van der Waals surface area contributed by atoms with E-state index in [0.717, 1.165) is 38.1 Å². The van der Waals surface area contributed by atoms with Gasteiger partial charge in [-0.3, -0.25) is 14.5 Å². The van der Waals surface area contributed by atoms with E-state index in [1.54, 1.807) is 0 Å². The van der Waals surface area contributed by atoms with Crippen molar-refractivity contribution >= 4 is 29.3 Å². The van der Waals surface area contributed by atoms with E-state index in [9.17, 15) is 18.4 Å². The van der Waals surface area contributed by atoms with Gasteiger partial charge in [-0.1, -0.05) is 0 Å². The smallest absolute Gasteiger partial charge is 0.313 e. The van der Waals surface area contributed by atoms with Crippen molar-refractivity contribution in [3.8, 4) is 0 Å². The van der Waals surface area contributed by atoms with E-state index in [0.29, 0.717) is 24.6 Å². The summed E-state index contributed by atoms with van der Waals surface area (Å²) in [4.78, 5) is 26.3. The number of piperidine rings is 1. The minimum absolute atomic E-state index is 0.214. The second-order valence-corrected chi connectivity index (χ2v) is 7.93. The van der Waals surface area contributed by atoms with E-state index in [4.69, 9.17) is 0 Å². The number of rotatable bonds is 4. The first kappa shape index (κ1) is 19.1. The van der Waals surface area contributed by atoms with Gasteiger partial charge in [-0.15, -0.1) is 0 Å². The summed E-state index contributed by atoms with van der Waals surface area (Å²) in [5.41, 5.74) is -0.214. The second kappa shape index (κ2) is 8.81. The minimum atomic E-state index is -0.948. The van der Waals surface area contributed by atoms with Crippen LogP contribution in [-0.2, 0) is 9.59 Å². The first-order valence-corrected chi connectivity index (χ1v) is 10.0. The molecular weight excluding hydrogens is 360 g/mol. The summed E-state index contributed by atoms with van der Waals surface area (Å²) in [6, 6.07) is 3.46. The highest BCUT2D eigenvalue weighted by atomic mass is 32.2. The molecule has 8 heteroatoms. The molecule has 2 saturated heterocycles. The fourth-order valence-corrected chi connectivity index (χ4v) is 4.67. The molecule has 2 fully saturated rings. The topological polar surface area (TPSA) is 61.4 Å². The molecule has 2 N–H and O–H groups in total. The van der Waals surface area contributed by atoms with Crippen LogP contribution in [0.25, 0.3) is 0 Å². The maximum Gasteiger partial charge on any atom is 0.313 e. The Morgan fingerprint density at radius 2 is 1.92 bits per heavy atom. The molecule has 2 heterocycles. The molecule has 0 aromatic heterocycles. The standard InChI is InChI=1S/C18H23F2N3O2S/c19-13-1-2-16(15(20)9-13)22-18(25)17(24)21-10-12-3-6-23(7-4-12)14-5-8-26-11-14/h1-2,9,12,14H,3-8,10-11H2,(H,21,24)(H,22,25)/t14-/m1/s1. The quantitative estimate of drug-likeness (QED) is 0.783. The molecular formula is C18H23F2N3O2S. The molecule has 0 spiro atoms. The van der Waals surface area contributed by atoms with Gasteiger partial charge in [0.1, 0.15) is 11.6 Å². The number of thioether (sulfide) groups is 1. The minimum Gasteiger partial charge on any atom is -0.348 e. The van der Waals surface area contributed by atoms with Crippen molar-refractivity contribution in [3.05, 3.63) is 29.8 Å². The lowest BCUT2D eigenvalue weighted by Gasteiger charge is -2.35. The molecule has 2 amide bonds. The van der Waals surface area contributed by atoms with Gasteiger partial charge >= 0.3 is 11.8 Å². The zero-order valence-corrected chi connectivity index (χ0v) is 15.3. The number of nitrogens with one attached hydrogen (secondary N) is 2. The summed E-state index contributed by atoms with van der Waals surface area (Å²) in [5, 5.41) is 4.78.